The summed E-state index contributed by atoms with van der Waals surface area (Å²) in [5.74, 6) is 5.75. The van der Waals surface area contributed by atoms with Crippen LogP contribution in [0.15, 0.2) is 11.0 Å². The average molecular weight is 238 g/mol. The number of hydrazine groups is 1. The third-order valence-electron chi connectivity index (χ3n) is 2.54. The maximum atomic E-state index is 12.3. The zero-order valence-electron chi connectivity index (χ0n) is 11.3. The van der Waals surface area contributed by atoms with E-state index >= 15 is 0 Å². The fourth-order valence-corrected chi connectivity index (χ4v) is 1.79. The van der Waals surface area contributed by atoms with Crippen molar-refractivity contribution in [2.45, 2.75) is 46.1 Å². The fraction of sp³-hybridized carbons (Fsp3) is 0.667. The van der Waals surface area contributed by atoms with Crippen LogP contribution in [0.1, 0.15) is 39.7 Å². The monoisotopic (exact) mass is 238 g/mol. The minimum Gasteiger partial charge on any atom is -0.309 e. The molecule has 0 spiro atoms. The smallest absolute Gasteiger partial charge is 0.292 e. The number of nitrogens with zero attached hydrogens (tertiary/aromatic N) is 3. The molecule has 1 aromatic rings. The van der Waals surface area contributed by atoms with Crippen LogP contribution in [0.5, 0.6) is 0 Å². The van der Waals surface area contributed by atoms with Crippen LogP contribution in [-0.2, 0) is 12.0 Å². The summed E-state index contributed by atoms with van der Waals surface area (Å²) in [6.07, 6.45) is 3.51. The van der Waals surface area contributed by atoms with Crippen molar-refractivity contribution >= 4 is 5.69 Å². The van der Waals surface area contributed by atoms with Gasteiger partial charge in [0.15, 0.2) is 0 Å². The second-order valence-electron chi connectivity index (χ2n) is 5.27. The summed E-state index contributed by atoms with van der Waals surface area (Å²) in [4.78, 5) is 12.3. The van der Waals surface area contributed by atoms with E-state index in [4.69, 9.17) is 5.84 Å². The van der Waals surface area contributed by atoms with Crippen molar-refractivity contribution in [2.75, 3.05) is 12.1 Å². The van der Waals surface area contributed by atoms with Gasteiger partial charge in [0.05, 0.1) is 11.7 Å². The topological polar surface area (TPSA) is 64.2 Å². The summed E-state index contributed by atoms with van der Waals surface area (Å²) < 4.78 is 1.48. The second kappa shape index (κ2) is 4.87. The van der Waals surface area contributed by atoms with Crippen molar-refractivity contribution in [1.82, 2.24) is 9.78 Å². The van der Waals surface area contributed by atoms with Crippen molar-refractivity contribution in [3.8, 4) is 0 Å². The third kappa shape index (κ3) is 2.85. The average Bonchev–Trinajstić information content (AvgIpc) is 2.15. The molecular formula is C12H22N4O. The lowest BCUT2D eigenvalue weighted by Gasteiger charge is -2.24. The first-order valence-electron chi connectivity index (χ1n) is 5.89. The van der Waals surface area contributed by atoms with Crippen molar-refractivity contribution in [1.29, 1.82) is 0 Å². The molecule has 0 amide bonds. The predicted molar refractivity (Wildman–Crippen MR) is 70.1 cm³/mol. The van der Waals surface area contributed by atoms with Crippen molar-refractivity contribution in [3.63, 3.8) is 0 Å². The van der Waals surface area contributed by atoms with Crippen LogP contribution < -0.4 is 16.4 Å². The molecule has 0 bridgehead atoms. The normalized spacial score (nSPS) is 11.6. The lowest BCUT2D eigenvalue weighted by molar-refractivity contribution is 0.337. The molecule has 0 aromatic carbocycles. The Bertz CT molecular complexity index is 443. The Morgan fingerprint density at radius 1 is 1.47 bits per heavy atom. The Morgan fingerprint density at radius 3 is 2.47 bits per heavy atom. The lowest BCUT2D eigenvalue weighted by atomic mass is 10.1. The van der Waals surface area contributed by atoms with Gasteiger partial charge in [0.2, 0.25) is 0 Å². The van der Waals surface area contributed by atoms with E-state index in [0.717, 1.165) is 18.4 Å². The number of hydrogen-bond donors (Lipinski definition) is 1. The summed E-state index contributed by atoms with van der Waals surface area (Å²) in [7, 11) is 1.68. The minimum atomic E-state index is -0.341. The lowest BCUT2D eigenvalue weighted by Crippen LogP contribution is -2.41. The summed E-state index contributed by atoms with van der Waals surface area (Å²) in [6.45, 7) is 7.90. The number of aryl methyl sites for hydroxylation is 1. The van der Waals surface area contributed by atoms with Gasteiger partial charge in [-0.2, -0.15) is 5.10 Å². The molecule has 1 rings (SSSR count). The zero-order valence-corrected chi connectivity index (χ0v) is 11.3. The van der Waals surface area contributed by atoms with Gasteiger partial charge < -0.3 is 5.01 Å². The van der Waals surface area contributed by atoms with Gasteiger partial charge >= 0.3 is 0 Å². The van der Waals surface area contributed by atoms with Gasteiger partial charge in [0.25, 0.3) is 5.56 Å². The number of hydrogen-bond acceptors (Lipinski definition) is 4. The molecule has 0 unspecified atom stereocenters. The van der Waals surface area contributed by atoms with E-state index in [-0.39, 0.29) is 11.1 Å². The molecule has 0 atom stereocenters. The van der Waals surface area contributed by atoms with Gasteiger partial charge in [-0.1, -0.05) is 13.3 Å². The molecule has 5 nitrogen and oxygen atoms in total. The van der Waals surface area contributed by atoms with E-state index in [1.54, 1.807) is 13.2 Å². The van der Waals surface area contributed by atoms with Crippen LogP contribution in [0.25, 0.3) is 0 Å². The Kier molecular flexibility index (Phi) is 3.93. The van der Waals surface area contributed by atoms with Gasteiger partial charge in [-0.05, 0) is 27.2 Å². The van der Waals surface area contributed by atoms with Crippen molar-refractivity contribution in [3.05, 3.63) is 22.1 Å². The summed E-state index contributed by atoms with van der Waals surface area (Å²) >= 11 is 0. The Labute approximate surface area is 102 Å². The Morgan fingerprint density at radius 2 is 2.06 bits per heavy atom. The highest BCUT2D eigenvalue weighted by molar-refractivity contribution is 5.49. The van der Waals surface area contributed by atoms with Crippen molar-refractivity contribution < 1.29 is 0 Å². The SMILES string of the molecule is CCCc1cnn(C(C)(C)C)c(=O)c1N(C)N. The van der Waals surface area contributed by atoms with E-state index < -0.39 is 0 Å². The first kappa shape index (κ1) is 13.7. The zero-order chi connectivity index (χ0) is 13.2. The fourth-order valence-electron chi connectivity index (χ4n) is 1.79. The molecular weight excluding hydrogens is 216 g/mol. The quantitative estimate of drug-likeness (QED) is 0.636. The Hall–Kier alpha value is -1.36. The molecule has 0 fully saturated rings. The van der Waals surface area contributed by atoms with Crippen LogP contribution >= 0.6 is 0 Å². The van der Waals surface area contributed by atoms with Crippen molar-refractivity contribution in [2.24, 2.45) is 5.84 Å². The second-order valence-corrected chi connectivity index (χ2v) is 5.27. The summed E-state index contributed by atoms with van der Waals surface area (Å²) in [6, 6.07) is 0. The maximum Gasteiger partial charge on any atom is 0.292 e. The van der Waals surface area contributed by atoms with E-state index in [2.05, 4.69) is 12.0 Å². The Balaban J connectivity index is 3.45. The molecule has 96 valence electrons. The molecule has 2 N–H and O–H groups in total. The van der Waals surface area contributed by atoms with E-state index in [0.29, 0.717) is 5.69 Å². The van der Waals surface area contributed by atoms with Crippen LogP contribution in [0.2, 0.25) is 0 Å². The number of anilines is 1. The third-order valence-corrected chi connectivity index (χ3v) is 2.54. The highest BCUT2D eigenvalue weighted by atomic mass is 16.1. The first-order valence-corrected chi connectivity index (χ1v) is 5.89. The van der Waals surface area contributed by atoms with Crippen LogP contribution in [0, 0.1) is 0 Å². The minimum absolute atomic E-state index is 0.131. The van der Waals surface area contributed by atoms with Gasteiger partial charge in [0.1, 0.15) is 5.69 Å². The molecule has 1 heterocycles. The van der Waals surface area contributed by atoms with Gasteiger partial charge in [-0.25, -0.2) is 10.5 Å². The summed E-state index contributed by atoms with van der Waals surface area (Å²) in [5, 5.41) is 5.62. The molecule has 0 radical (unpaired) electrons. The molecule has 5 heteroatoms. The standard InChI is InChI=1S/C12H22N4O/c1-6-7-9-8-14-16(12(2,3)4)11(17)10(9)15(5)13/h8H,6-7,13H2,1-5H3. The van der Waals surface area contributed by atoms with E-state index in [9.17, 15) is 4.79 Å². The van der Waals surface area contributed by atoms with Gasteiger partial charge in [-0.3, -0.25) is 4.79 Å². The molecule has 0 saturated carbocycles. The van der Waals surface area contributed by atoms with Gasteiger partial charge in [-0.15, -0.1) is 0 Å². The first-order chi connectivity index (χ1) is 7.79. The van der Waals surface area contributed by atoms with Crippen LogP contribution in [0.3, 0.4) is 0 Å². The van der Waals surface area contributed by atoms with Crippen LogP contribution in [0.4, 0.5) is 5.69 Å². The van der Waals surface area contributed by atoms with Gasteiger partial charge in [0, 0.05) is 12.6 Å². The molecule has 0 aliphatic heterocycles. The number of nitrogens with two attached hydrogens (primary N) is 1. The predicted octanol–water partition coefficient (Wildman–Crippen LogP) is 1.26. The number of aromatic nitrogens is 2. The molecule has 0 aliphatic rings. The molecule has 1 aromatic heterocycles. The highest BCUT2D eigenvalue weighted by Crippen LogP contribution is 2.16. The van der Waals surface area contributed by atoms with E-state index in [1.165, 1.54) is 9.69 Å². The molecule has 0 aliphatic carbocycles. The van der Waals surface area contributed by atoms with E-state index in [1.807, 2.05) is 20.8 Å². The molecule has 17 heavy (non-hydrogen) atoms. The highest BCUT2D eigenvalue weighted by Gasteiger charge is 2.20. The number of rotatable bonds is 3. The largest absolute Gasteiger partial charge is 0.309 e. The summed E-state index contributed by atoms with van der Waals surface area (Å²) in [5.41, 5.74) is 0.972. The van der Waals surface area contributed by atoms with Crippen LogP contribution in [-0.4, -0.2) is 16.8 Å². The molecule has 0 saturated heterocycles. The maximum absolute atomic E-state index is 12.3.